The van der Waals surface area contributed by atoms with Crippen LogP contribution >= 0.6 is 45.5 Å². The van der Waals surface area contributed by atoms with Gasteiger partial charge in [-0.1, -0.05) is 0 Å². The summed E-state index contributed by atoms with van der Waals surface area (Å²) < 4.78 is 2.31. The molecular weight excluding hydrogens is 296 g/mol. The number of amides is 1. The summed E-state index contributed by atoms with van der Waals surface area (Å²) in [6.45, 7) is 0. The van der Waals surface area contributed by atoms with Gasteiger partial charge in [0.15, 0.2) is 0 Å². The van der Waals surface area contributed by atoms with Crippen LogP contribution in [0.4, 0.5) is 4.79 Å². The van der Waals surface area contributed by atoms with Crippen molar-refractivity contribution in [1.29, 1.82) is 0 Å². The Kier molecular flexibility index (Phi) is 3.72. The zero-order valence-corrected chi connectivity index (χ0v) is 6.48. The topological polar surface area (TPSA) is 29.1 Å². The molecule has 4 heteroatoms. The van der Waals surface area contributed by atoms with Crippen molar-refractivity contribution in [3.63, 3.8) is 0 Å². The summed E-state index contributed by atoms with van der Waals surface area (Å²) in [6.07, 6.45) is 0. The van der Waals surface area contributed by atoms with E-state index in [0.29, 0.717) is 0 Å². The van der Waals surface area contributed by atoms with Crippen LogP contribution in [0, 0.1) is 0 Å². The van der Waals surface area contributed by atoms with Crippen LogP contribution in [0.15, 0.2) is 0 Å². The first-order chi connectivity index (χ1) is 2.27. The molecule has 2 nitrogen and oxygen atoms in total. The molecule has 0 spiro atoms. The third-order valence-corrected chi connectivity index (χ3v) is 1.87. The molecule has 5 heavy (non-hydrogen) atoms. The maximum Gasteiger partial charge on any atom is 0.289 e. The van der Waals surface area contributed by atoms with E-state index < -0.39 is 0 Å². The average molecular weight is 297 g/mol. The first-order valence-corrected chi connectivity index (χ1v) is 2.99. The van der Waals surface area contributed by atoms with Gasteiger partial charge in [-0.2, -0.15) is 0 Å². The molecule has 0 aliphatic heterocycles. The van der Waals surface area contributed by atoms with Crippen molar-refractivity contribution in [1.82, 2.24) is 3.53 Å². The van der Waals surface area contributed by atoms with Crippen molar-refractivity contribution >= 4 is 49.4 Å². The quantitative estimate of drug-likeness (QED) is 0.312. The number of carbonyl (C=O) groups is 1. The van der Waals surface area contributed by atoms with E-state index in [9.17, 15) is 4.79 Å². The Morgan fingerprint density at radius 1 is 1.80 bits per heavy atom. The van der Waals surface area contributed by atoms with Gasteiger partial charge in [0.2, 0.25) is 0 Å². The minimum atomic E-state index is -0.0387. The highest BCUT2D eigenvalue weighted by atomic mass is 127. The lowest BCUT2D eigenvalue weighted by atomic mass is 11.5. The fraction of sp³-hybridized carbons (Fsp3) is 0. The first-order valence-electron chi connectivity index (χ1n) is 0.832. The highest BCUT2D eigenvalue weighted by molar-refractivity contribution is 14.1. The Bertz CT molecular complexity index is 44.9. The van der Waals surface area contributed by atoms with Crippen LogP contribution in [0.1, 0.15) is 0 Å². The van der Waals surface area contributed by atoms with Gasteiger partial charge in [0, 0.05) is 22.6 Å². The third kappa shape index (κ3) is 4.93. The van der Waals surface area contributed by atoms with Gasteiger partial charge in [0.25, 0.3) is 3.91 Å². The molecule has 0 saturated heterocycles. The molecule has 0 atom stereocenters. The molecule has 0 aliphatic rings. The maximum atomic E-state index is 9.68. The van der Waals surface area contributed by atoms with Crippen molar-refractivity contribution in [2.45, 2.75) is 0 Å². The monoisotopic (exact) mass is 297 g/mol. The molecule has 0 aromatic rings. The van der Waals surface area contributed by atoms with Crippen LogP contribution in [-0.4, -0.2) is 3.91 Å². The molecule has 1 N–H and O–H groups in total. The van der Waals surface area contributed by atoms with Gasteiger partial charge in [0.1, 0.15) is 0 Å². The number of rotatable bonds is 0. The van der Waals surface area contributed by atoms with Gasteiger partial charge in [-0.25, -0.2) is 0 Å². The van der Waals surface area contributed by atoms with Crippen LogP contribution in [-0.2, 0) is 0 Å². The molecule has 0 rings (SSSR count). The fourth-order valence-corrected chi connectivity index (χ4v) is 0. The van der Waals surface area contributed by atoms with Crippen molar-refractivity contribution in [3.05, 3.63) is 0 Å². The second kappa shape index (κ2) is 3.13. The van der Waals surface area contributed by atoms with E-state index in [1.54, 1.807) is 45.5 Å². The third-order valence-electron chi connectivity index (χ3n) is 0.0743. The Morgan fingerprint density at radius 2 is 2.00 bits per heavy atom. The van der Waals surface area contributed by atoms with Crippen LogP contribution in [0.5, 0.6) is 0 Å². The Balaban J connectivity index is 2.85. The van der Waals surface area contributed by atoms with Gasteiger partial charge in [-0.15, -0.1) is 0 Å². The van der Waals surface area contributed by atoms with Crippen LogP contribution in [0.3, 0.4) is 0 Å². The number of hydrogen-bond acceptors (Lipinski definition) is 1. The lowest BCUT2D eigenvalue weighted by Gasteiger charge is -1.74. The highest BCUT2D eigenvalue weighted by Crippen LogP contribution is 1.83. The predicted molar refractivity (Wildman–Crippen MR) is 36.6 cm³/mol. The molecule has 0 heterocycles. The lowest BCUT2D eigenvalue weighted by Crippen LogP contribution is -1.95. The molecule has 30 valence electrons. The molecule has 1 amide bonds. The van der Waals surface area contributed by atoms with Crippen LogP contribution in [0.2, 0.25) is 0 Å². The minimum Gasteiger partial charge on any atom is -0.290 e. The number of nitrogens with one attached hydrogen (secondary N) is 1. The van der Waals surface area contributed by atoms with Gasteiger partial charge >= 0.3 is 0 Å². The smallest absolute Gasteiger partial charge is 0.289 e. The lowest BCUT2D eigenvalue weighted by molar-refractivity contribution is 0.268. The van der Waals surface area contributed by atoms with Crippen molar-refractivity contribution in [2.24, 2.45) is 0 Å². The van der Waals surface area contributed by atoms with E-state index in [2.05, 4.69) is 3.53 Å². The molecule has 0 fully saturated rings. The van der Waals surface area contributed by atoms with E-state index in [1.165, 1.54) is 0 Å². The minimum absolute atomic E-state index is 0.0387. The Morgan fingerprint density at radius 3 is 2.00 bits per heavy atom. The summed E-state index contributed by atoms with van der Waals surface area (Å²) in [5, 5.41) is 0. The summed E-state index contributed by atoms with van der Waals surface area (Å²) in [7, 11) is 0. The molecule has 0 radical (unpaired) electrons. The second-order valence-corrected chi connectivity index (χ2v) is 1.89. The van der Waals surface area contributed by atoms with Crippen molar-refractivity contribution in [2.75, 3.05) is 0 Å². The first kappa shape index (κ1) is 5.93. The standard InChI is InChI=1S/CHI2NO/c2-1(5)4-3/h(H,4,5). The van der Waals surface area contributed by atoms with Gasteiger partial charge in [0.05, 0.1) is 22.9 Å². The number of hydrogen-bond donors (Lipinski definition) is 1. The van der Waals surface area contributed by atoms with Crippen molar-refractivity contribution in [3.8, 4) is 0 Å². The molecule has 0 unspecified atom stereocenters. The summed E-state index contributed by atoms with van der Waals surface area (Å²) in [5.41, 5.74) is 0. The molecule has 0 bridgehead atoms. The Hall–Kier alpha value is 0.930. The van der Waals surface area contributed by atoms with E-state index in [-0.39, 0.29) is 3.91 Å². The maximum absolute atomic E-state index is 9.68. The van der Waals surface area contributed by atoms with Crippen LogP contribution in [0.25, 0.3) is 0 Å². The summed E-state index contributed by atoms with van der Waals surface area (Å²) in [4.78, 5) is 9.68. The fourth-order valence-electron chi connectivity index (χ4n) is 0. The highest BCUT2D eigenvalue weighted by Gasteiger charge is 1.78. The Labute approximate surface area is 57.3 Å². The molecule has 0 aromatic carbocycles. The van der Waals surface area contributed by atoms with E-state index in [0.717, 1.165) is 0 Å². The van der Waals surface area contributed by atoms with E-state index in [4.69, 9.17) is 0 Å². The number of carbonyl (C=O) groups excluding carboxylic acids is 1. The van der Waals surface area contributed by atoms with E-state index >= 15 is 0 Å². The summed E-state index contributed by atoms with van der Waals surface area (Å²) in [6, 6.07) is 0. The second-order valence-electron chi connectivity index (χ2n) is 0.368. The predicted octanol–water partition coefficient (Wildman–Crippen LogP) is 1.48. The SMILES string of the molecule is O=C(I)NI. The largest absolute Gasteiger partial charge is 0.290 e. The van der Waals surface area contributed by atoms with Crippen LogP contribution < -0.4 is 3.53 Å². The molecule has 0 aromatic heterocycles. The normalized spacial score (nSPS) is 6.80. The zero-order valence-electron chi connectivity index (χ0n) is 2.16. The average Bonchev–Trinajstić information content (AvgIpc) is 1.38. The van der Waals surface area contributed by atoms with Gasteiger partial charge in [-0.3, -0.25) is 8.32 Å². The summed E-state index contributed by atoms with van der Waals surface area (Å²) >= 11 is 3.42. The van der Waals surface area contributed by atoms with E-state index in [1.807, 2.05) is 0 Å². The van der Waals surface area contributed by atoms with Gasteiger partial charge in [-0.05, 0) is 0 Å². The zero-order chi connectivity index (χ0) is 4.28. The molecule has 0 aliphatic carbocycles. The van der Waals surface area contributed by atoms with Gasteiger partial charge < -0.3 is 0 Å². The molecular formula is CHI2NO. The molecule has 0 saturated carbocycles. The number of halogens is 2. The van der Waals surface area contributed by atoms with Crippen molar-refractivity contribution < 1.29 is 4.79 Å². The summed E-state index contributed by atoms with van der Waals surface area (Å²) in [5.74, 6) is 0.